The van der Waals surface area contributed by atoms with Crippen molar-refractivity contribution in [1.29, 1.82) is 0 Å². The number of nitrogens with one attached hydrogen (secondary N) is 4. The fourth-order valence-electron chi connectivity index (χ4n) is 3.51. The maximum atomic E-state index is 13.3. The zero-order valence-electron chi connectivity index (χ0n) is 19.8. The van der Waals surface area contributed by atoms with E-state index in [4.69, 9.17) is 9.47 Å². The third-order valence-electron chi connectivity index (χ3n) is 5.23. The number of hydrogen-bond donors (Lipinski definition) is 4. The molecule has 1 fully saturated rings. The molecule has 1 aliphatic rings. The Labute approximate surface area is 194 Å². The molecule has 0 aliphatic carbocycles. The number of carbonyl (C=O) groups is 1. The predicted octanol–water partition coefficient (Wildman–Crippen LogP) is 1.78. The smallest absolute Gasteiger partial charge is 0.246 e. The molecular weight excluding hydrogens is 431 g/mol. The number of ether oxygens (including phenoxy) is 2. The molecule has 10 nitrogen and oxygen atoms in total. The summed E-state index contributed by atoms with van der Waals surface area (Å²) in [7, 11) is 1.69. The van der Waals surface area contributed by atoms with Crippen molar-refractivity contribution in [2.24, 2.45) is 10.2 Å². The van der Waals surface area contributed by atoms with Gasteiger partial charge < -0.3 is 14.8 Å². The zero-order valence-corrected chi connectivity index (χ0v) is 19.8. The second kappa shape index (κ2) is 13.3. The molecule has 33 heavy (non-hydrogen) atoms. The number of rotatable bonds is 11. The molecular formula is C22H35FN6O4. The minimum atomic E-state index is -0.740. The quantitative estimate of drug-likeness (QED) is 0.223. The molecule has 0 radical (unpaired) electrons. The lowest BCUT2D eigenvalue weighted by Gasteiger charge is -2.22. The summed E-state index contributed by atoms with van der Waals surface area (Å²) in [6.45, 7) is 8.44. The average molecular weight is 467 g/mol. The molecule has 6 atom stereocenters. The number of nitrogens with zero attached hydrogens (tertiary/aromatic N) is 2. The Hall–Kier alpha value is -2.47. The van der Waals surface area contributed by atoms with E-state index in [0.717, 1.165) is 0 Å². The molecule has 1 saturated heterocycles. The van der Waals surface area contributed by atoms with Crippen molar-refractivity contribution >= 4 is 11.9 Å². The van der Waals surface area contributed by atoms with E-state index in [-0.39, 0.29) is 36.7 Å². The molecule has 1 heterocycles. The van der Waals surface area contributed by atoms with Gasteiger partial charge in [-0.2, -0.15) is 4.91 Å². The van der Waals surface area contributed by atoms with Gasteiger partial charge in [-0.3, -0.25) is 20.7 Å². The topological polar surface area (TPSA) is 125 Å². The third-order valence-corrected chi connectivity index (χ3v) is 5.23. The van der Waals surface area contributed by atoms with Gasteiger partial charge in [0.1, 0.15) is 30.3 Å². The lowest BCUT2D eigenvalue weighted by Crippen LogP contribution is -2.54. The molecule has 1 aliphatic heterocycles. The van der Waals surface area contributed by atoms with Gasteiger partial charge in [0.25, 0.3) is 0 Å². The van der Waals surface area contributed by atoms with Crippen LogP contribution >= 0.6 is 0 Å². The number of halogens is 1. The largest absolute Gasteiger partial charge is 0.380 e. The van der Waals surface area contributed by atoms with Crippen molar-refractivity contribution in [2.75, 3.05) is 20.3 Å². The summed E-state index contributed by atoms with van der Waals surface area (Å²) in [5.41, 5.74) is 0.584. The summed E-state index contributed by atoms with van der Waals surface area (Å²) >= 11 is 0. The Morgan fingerprint density at radius 2 is 2.00 bits per heavy atom. The van der Waals surface area contributed by atoms with Crippen molar-refractivity contribution in [1.82, 2.24) is 21.3 Å². The third kappa shape index (κ3) is 8.43. The van der Waals surface area contributed by atoms with Crippen LogP contribution in [0.5, 0.6) is 0 Å². The van der Waals surface area contributed by atoms with Crippen molar-refractivity contribution in [3.63, 3.8) is 0 Å². The number of benzene rings is 1. The molecule has 184 valence electrons. The van der Waals surface area contributed by atoms with Crippen molar-refractivity contribution < 1.29 is 18.7 Å². The highest BCUT2D eigenvalue weighted by atomic mass is 19.1. The second-order valence-corrected chi connectivity index (χ2v) is 8.01. The van der Waals surface area contributed by atoms with Crippen LogP contribution in [0, 0.1) is 10.7 Å². The molecule has 6 unspecified atom stereocenters. The summed E-state index contributed by atoms with van der Waals surface area (Å²) < 4.78 is 24.3. The lowest BCUT2D eigenvalue weighted by atomic mass is 10.0. The molecule has 11 heteroatoms. The zero-order chi connectivity index (χ0) is 24.4. The van der Waals surface area contributed by atoms with E-state index in [1.165, 1.54) is 24.3 Å². The number of carbonyl (C=O) groups excluding carboxylic acids is 1. The molecule has 0 spiro atoms. The normalized spacial score (nSPS) is 23.6. The molecule has 0 aromatic heterocycles. The first-order valence-electron chi connectivity index (χ1n) is 11.2. The van der Waals surface area contributed by atoms with E-state index in [2.05, 4.69) is 31.4 Å². The maximum Gasteiger partial charge on any atom is 0.246 e. The van der Waals surface area contributed by atoms with E-state index in [1.807, 2.05) is 27.7 Å². The summed E-state index contributed by atoms with van der Waals surface area (Å²) in [5, 5.41) is 15.3. The fraction of sp³-hybridized carbons (Fsp3) is 0.636. The molecule has 0 bridgehead atoms. The highest BCUT2D eigenvalue weighted by Gasteiger charge is 2.35. The van der Waals surface area contributed by atoms with Crippen LogP contribution in [0.2, 0.25) is 0 Å². The fourth-order valence-corrected chi connectivity index (χ4v) is 3.51. The number of amides is 1. The van der Waals surface area contributed by atoms with Gasteiger partial charge in [0.15, 0.2) is 5.96 Å². The average Bonchev–Trinajstić information content (AvgIpc) is 3.13. The molecule has 1 amide bonds. The van der Waals surface area contributed by atoms with Crippen LogP contribution in [0.15, 0.2) is 34.4 Å². The van der Waals surface area contributed by atoms with Gasteiger partial charge in [0.2, 0.25) is 5.91 Å². The van der Waals surface area contributed by atoms with Crippen LogP contribution in [0.3, 0.4) is 0 Å². The standard InChI is InChI=1S/C22H35FN6O4/c1-6-32-12-13(2)25-22(28-21(30)20-14(3)33-15(4)26-20)27-19(24-5)11-18(29-31)16-7-9-17(23)10-8-16/h7-10,13-15,18-20,24,26H,6,11-12H2,1-5H3,(H2,25,27,28,30). The van der Waals surface area contributed by atoms with Crippen molar-refractivity contribution in [3.05, 3.63) is 40.6 Å². The van der Waals surface area contributed by atoms with Crippen molar-refractivity contribution in [2.45, 2.75) is 70.7 Å². The second-order valence-electron chi connectivity index (χ2n) is 8.01. The van der Waals surface area contributed by atoms with Gasteiger partial charge in [-0.05, 0) is 52.4 Å². The Morgan fingerprint density at radius 1 is 1.30 bits per heavy atom. The van der Waals surface area contributed by atoms with E-state index in [9.17, 15) is 14.1 Å². The van der Waals surface area contributed by atoms with Gasteiger partial charge in [-0.25, -0.2) is 9.38 Å². The Kier molecular flexibility index (Phi) is 10.8. The maximum absolute atomic E-state index is 13.3. The Morgan fingerprint density at radius 3 is 2.55 bits per heavy atom. The summed E-state index contributed by atoms with van der Waals surface area (Å²) in [6, 6.07) is 4.21. The summed E-state index contributed by atoms with van der Waals surface area (Å²) in [6.07, 6.45) is -0.875. The number of nitroso groups, excluding NO2 is 1. The summed E-state index contributed by atoms with van der Waals surface area (Å²) in [5.74, 6) is -0.443. The summed E-state index contributed by atoms with van der Waals surface area (Å²) in [4.78, 5) is 29.0. The number of guanidine groups is 1. The van der Waals surface area contributed by atoms with Gasteiger partial charge >= 0.3 is 0 Å². The molecule has 2 rings (SSSR count). The SMILES string of the molecule is CCOCC(C)NC(=NC(CC(N=O)c1ccc(F)cc1)NC)NC(=O)C1NC(C)OC1C. The minimum Gasteiger partial charge on any atom is -0.380 e. The first kappa shape index (κ1) is 26.8. The first-order valence-corrected chi connectivity index (χ1v) is 11.2. The van der Waals surface area contributed by atoms with Crippen LogP contribution in [0.4, 0.5) is 4.39 Å². The minimum absolute atomic E-state index is 0.136. The molecule has 4 N–H and O–H groups in total. The molecule has 0 saturated carbocycles. The van der Waals surface area contributed by atoms with Gasteiger partial charge in [-0.1, -0.05) is 17.3 Å². The van der Waals surface area contributed by atoms with Gasteiger partial charge in [0, 0.05) is 19.1 Å². The van der Waals surface area contributed by atoms with E-state index in [1.54, 1.807) is 7.05 Å². The first-order chi connectivity index (χ1) is 15.8. The van der Waals surface area contributed by atoms with Crippen LogP contribution in [-0.2, 0) is 14.3 Å². The molecule has 1 aromatic carbocycles. The number of aliphatic imine (C=N–C) groups is 1. The lowest BCUT2D eigenvalue weighted by molar-refractivity contribution is -0.122. The highest BCUT2D eigenvalue weighted by Crippen LogP contribution is 2.23. The Bertz CT molecular complexity index is 794. The van der Waals surface area contributed by atoms with Gasteiger partial charge in [-0.15, -0.1) is 0 Å². The van der Waals surface area contributed by atoms with Crippen LogP contribution in [0.25, 0.3) is 0 Å². The monoisotopic (exact) mass is 466 g/mol. The van der Waals surface area contributed by atoms with Gasteiger partial charge in [0.05, 0.1) is 12.7 Å². The van der Waals surface area contributed by atoms with E-state index in [0.29, 0.717) is 18.8 Å². The van der Waals surface area contributed by atoms with E-state index >= 15 is 0 Å². The predicted molar refractivity (Wildman–Crippen MR) is 124 cm³/mol. The Balaban J connectivity index is 2.18. The van der Waals surface area contributed by atoms with Crippen LogP contribution in [-0.4, -0.2) is 62.7 Å². The highest BCUT2D eigenvalue weighted by molar-refractivity contribution is 5.99. The molecule has 1 aromatic rings. The van der Waals surface area contributed by atoms with E-state index < -0.39 is 24.1 Å². The van der Waals surface area contributed by atoms with Crippen LogP contribution in [0.1, 0.15) is 45.7 Å². The van der Waals surface area contributed by atoms with Crippen molar-refractivity contribution in [3.8, 4) is 0 Å². The number of hydrogen-bond acceptors (Lipinski definition) is 8. The van der Waals surface area contributed by atoms with Crippen LogP contribution < -0.4 is 21.3 Å².